The fourth-order valence-corrected chi connectivity index (χ4v) is 4.37. The van der Waals surface area contributed by atoms with Crippen LogP contribution in [0.25, 0.3) is 11.2 Å². The van der Waals surface area contributed by atoms with E-state index in [0.29, 0.717) is 43.0 Å². The van der Waals surface area contributed by atoms with Gasteiger partial charge in [-0.25, -0.2) is 4.98 Å². The summed E-state index contributed by atoms with van der Waals surface area (Å²) < 4.78 is 0. The number of carbonyl (C=O) groups is 2. The largest absolute Gasteiger partial charge is 0.483 e. The number of nitrogens with two attached hydrogens (primary N) is 1. The molecule has 0 radical (unpaired) electrons. The molecule has 11 nitrogen and oxygen atoms in total. The molecule has 1 amide bonds. The van der Waals surface area contributed by atoms with Gasteiger partial charge in [-0.1, -0.05) is 18.2 Å². The maximum Gasteiger partial charge on any atom is 0.290 e. The van der Waals surface area contributed by atoms with E-state index in [2.05, 4.69) is 24.8 Å². The van der Waals surface area contributed by atoms with Crippen LogP contribution in [-0.4, -0.2) is 68.8 Å². The summed E-state index contributed by atoms with van der Waals surface area (Å²) in [6.07, 6.45) is 2.23. The number of aromatic nitrogens is 4. The maximum atomic E-state index is 13.3. The van der Waals surface area contributed by atoms with Crippen LogP contribution in [0.4, 0.5) is 17.5 Å². The smallest absolute Gasteiger partial charge is 0.290 e. The Bertz CT molecular complexity index is 1100. The van der Waals surface area contributed by atoms with Crippen molar-refractivity contribution in [2.24, 2.45) is 0 Å². The number of rotatable bonds is 3. The number of aromatic amines is 1. The van der Waals surface area contributed by atoms with Gasteiger partial charge >= 0.3 is 0 Å². The molecule has 0 aliphatic carbocycles. The number of hydrogen-bond acceptors (Lipinski definition) is 8. The molecule has 5 N–H and O–H groups in total. The highest BCUT2D eigenvalue weighted by atomic mass is 16.3. The normalized spacial score (nSPS) is 19.8. The minimum absolute atomic E-state index is 0.0307. The van der Waals surface area contributed by atoms with E-state index >= 15 is 0 Å². The van der Waals surface area contributed by atoms with Crippen molar-refractivity contribution in [2.45, 2.75) is 11.8 Å². The third-order valence-electron chi connectivity index (χ3n) is 5.54. The molecular weight excluding hydrogens is 390 g/mol. The van der Waals surface area contributed by atoms with Crippen molar-refractivity contribution in [3.8, 4) is 0 Å². The number of nitrogens with zero attached hydrogens (tertiary/aromatic N) is 5. The van der Waals surface area contributed by atoms with Gasteiger partial charge in [0.2, 0.25) is 11.9 Å². The van der Waals surface area contributed by atoms with Crippen LogP contribution in [0.1, 0.15) is 12.0 Å². The van der Waals surface area contributed by atoms with Crippen LogP contribution in [0.15, 0.2) is 30.6 Å². The van der Waals surface area contributed by atoms with Crippen LogP contribution < -0.4 is 15.5 Å². The Kier molecular flexibility index (Phi) is 4.96. The number of para-hydroxylation sites is 1. The molecule has 11 heteroatoms. The lowest BCUT2D eigenvalue weighted by atomic mass is 9.81. The number of benzene rings is 1. The van der Waals surface area contributed by atoms with E-state index in [1.54, 1.807) is 11.2 Å². The number of nitrogen functional groups attached to an aromatic ring is 1. The summed E-state index contributed by atoms with van der Waals surface area (Å²) in [5.74, 6) is 0.853. The number of amides is 1. The first-order chi connectivity index (χ1) is 14.6. The van der Waals surface area contributed by atoms with Gasteiger partial charge < -0.3 is 30.7 Å². The molecule has 1 aromatic carbocycles. The fourth-order valence-electron chi connectivity index (χ4n) is 4.37. The van der Waals surface area contributed by atoms with Gasteiger partial charge in [0.15, 0.2) is 11.5 Å². The topological polar surface area (TPSA) is 162 Å². The number of fused-ring (bicyclic) bond motifs is 3. The van der Waals surface area contributed by atoms with Crippen molar-refractivity contribution < 1.29 is 19.8 Å². The Labute approximate surface area is 171 Å². The molecule has 1 unspecified atom stereocenters. The number of H-pyrrole nitrogens is 1. The van der Waals surface area contributed by atoms with Gasteiger partial charge in [-0.3, -0.25) is 9.59 Å². The van der Waals surface area contributed by atoms with Gasteiger partial charge in [0.1, 0.15) is 5.52 Å². The monoisotopic (exact) mass is 411 g/mol. The molecule has 1 fully saturated rings. The highest BCUT2D eigenvalue weighted by Crippen LogP contribution is 2.48. The van der Waals surface area contributed by atoms with Gasteiger partial charge in [-0.2, -0.15) is 9.97 Å². The number of carbonyl (C=O) groups excluding carboxylic acids is 1. The summed E-state index contributed by atoms with van der Waals surface area (Å²) >= 11 is 0. The molecule has 2 aliphatic heterocycles. The highest BCUT2D eigenvalue weighted by molar-refractivity contribution is 6.09. The van der Waals surface area contributed by atoms with Gasteiger partial charge in [-0.05, 0) is 18.1 Å². The molecule has 2 aromatic heterocycles. The molecule has 0 saturated carbocycles. The molecule has 0 bridgehead atoms. The molecule has 30 heavy (non-hydrogen) atoms. The molecule has 1 saturated heterocycles. The molecule has 4 heterocycles. The summed E-state index contributed by atoms with van der Waals surface area (Å²) in [7, 11) is 0. The lowest BCUT2D eigenvalue weighted by Crippen LogP contribution is -2.43. The first-order valence-electron chi connectivity index (χ1n) is 9.37. The van der Waals surface area contributed by atoms with E-state index in [4.69, 9.17) is 15.6 Å². The summed E-state index contributed by atoms with van der Waals surface area (Å²) in [5.41, 5.74) is 8.33. The minimum atomic E-state index is -0.641. The molecule has 3 aromatic rings. The zero-order chi connectivity index (χ0) is 21.3. The third-order valence-corrected chi connectivity index (χ3v) is 5.54. The maximum absolute atomic E-state index is 13.3. The summed E-state index contributed by atoms with van der Waals surface area (Å²) in [6.45, 7) is 1.13. The highest BCUT2D eigenvalue weighted by Gasteiger charge is 2.54. The lowest BCUT2D eigenvalue weighted by Gasteiger charge is -2.25. The van der Waals surface area contributed by atoms with Crippen LogP contribution >= 0.6 is 0 Å². The van der Waals surface area contributed by atoms with Crippen LogP contribution in [-0.2, 0) is 15.0 Å². The zero-order valence-electron chi connectivity index (χ0n) is 16.0. The third kappa shape index (κ3) is 2.90. The van der Waals surface area contributed by atoms with Crippen LogP contribution in [0.2, 0.25) is 0 Å². The Hall–Kier alpha value is -3.73. The Morgan fingerprint density at radius 1 is 1.30 bits per heavy atom. The molecule has 156 valence electrons. The number of nitrogens with one attached hydrogen (secondary N) is 1. The van der Waals surface area contributed by atoms with E-state index in [1.165, 1.54) is 0 Å². The van der Waals surface area contributed by atoms with Crippen molar-refractivity contribution in [1.29, 1.82) is 0 Å². The van der Waals surface area contributed by atoms with E-state index in [0.717, 1.165) is 11.3 Å². The Balaban J connectivity index is 0.000000687. The molecule has 1 spiro atoms. The molecular formula is C19H21N7O4. The van der Waals surface area contributed by atoms with Crippen molar-refractivity contribution >= 4 is 41.0 Å². The molecule has 5 rings (SSSR count). The SMILES string of the molecule is Nc1nc(N2CCC3(C2)C(=O)N(CCO)c2ccccc23)c2[nH]cnc2n1.O=CO. The quantitative estimate of drug-likeness (QED) is 0.439. The minimum Gasteiger partial charge on any atom is -0.483 e. The van der Waals surface area contributed by atoms with Crippen LogP contribution in [0.3, 0.4) is 0 Å². The van der Waals surface area contributed by atoms with Crippen LogP contribution in [0.5, 0.6) is 0 Å². The lowest BCUT2D eigenvalue weighted by molar-refractivity contribution is -0.123. The van der Waals surface area contributed by atoms with E-state index in [-0.39, 0.29) is 24.9 Å². The average molecular weight is 411 g/mol. The van der Waals surface area contributed by atoms with Gasteiger partial charge in [0.25, 0.3) is 6.47 Å². The van der Waals surface area contributed by atoms with Crippen molar-refractivity contribution in [1.82, 2.24) is 19.9 Å². The van der Waals surface area contributed by atoms with Gasteiger partial charge in [0.05, 0.1) is 18.3 Å². The second-order valence-corrected chi connectivity index (χ2v) is 7.06. The number of imidazole rings is 1. The van der Waals surface area contributed by atoms with Crippen LogP contribution in [0, 0.1) is 0 Å². The first kappa shape index (κ1) is 19.6. The number of anilines is 3. The predicted octanol–water partition coefficient (Wildman–Crippen LogP) is 0.123. The average Bonchev–Trinajstić information content (AvgIpc) is 3.44. The van der Waals surface area contributed by atoms with Crippen molar-refractivity contribution in [3.05, 3.63) is 36.2 Å². The van der Waals surface area contributed by atoms with E-state index < -0.39 is 5.41 Å². The van der Waals surface area contributed by atoms with Crippen molar-refractivity contribution in [3.63, 3.8) is 0 Å². The Morgan fingerprint density at radius 2 is 2.07 bits per heavy atom. The number of aliphatic hydroxyl groups excluding tert-OH is 1. The molecule has 2 aliphatic rings. The number of aliphatic hydroxyl groups is 1. The summed E-state index contributed by atoms with van der Waals surface area (Å²) in [5, 5.41) is 16.3. The Morgan fingerprint density at radius 3 is 2.83 bits per heavy atom. The van der Waals surface area contributed by atoms with E-state index in [9.17, 15) is 9.90 Å². The zero-order valence-corrected chi connectivity index (χ0v) is 16.0. The molecule has 1 atom stereocenters. The summed E-state index contributed by atoms with van der Waals surface area (Å²) in [4.78, 5) is 41.2. The second-order valence-electron chi connectivity index (χ2n) is 7.06. The van der Waals surface area contributed by atoms with Gasteiger partial charge in [-0.15, -0.1) is 0 Å². The van der Waals surface area contributed by atoms with Gasteiger partial charge in [0, 0.05) is 25.3 Å². The van der Waals surface area contributed by atoms with E-state index in [1.807, 2.05) is 24.3 Å². The standard InChI is InChI=1S/C18H19N7O2.CH2O2/c19-17-22-14-13(20-10-21-14)15(23-17)24-6-5-18(9-24)11-3-1-2-4-12(11)25(7-8-26)16(18)27;2-1-3/h1-4,10,26H,5-9H2,(H3,19,20,21,22,23);1H,(H,2,3). The fraction of sp³-hybridized carbons (Fsp3) is 0.316. The van der Waals surface area contributed by atoms with Crippen molar-refractivity contribution in [2.75, 3.05) is 41.8 Å². The predicted molar refractivity (Wildman–Crippen MR) is 109 cm³/mol. The summed E-state index contributed by atoms with van der Waals surface area (Å²) in [6, 6.07) is 7.82. The number of hydrogen-bond donors (Lipinski definition) is 4. The second kappa shape index (κ2) is 7.59. The number of carboxylic acid groups (broad SMARTS) is 1. The first-order valence-corrected chi connectivity index (χ1v) is 9.37. The number of β-amino-alcohol motifs (C(OH)–C–C–N with tert-alkyl or cyclic N) is 1.